The molecular formula is C19H28N4O2. The van der Waals surface area contributed by atoms with Gasteiger partial charge in [0.15, 0.2) is 0 Å². The van der Waals surface area contributed by atoms with Gasteiger partial charge in [0.2, 0.25) is 0 Å². The third-order valence-electron chi connectivity index (χ3n) is 4.23. The molecule has 0 fully saturated rings. The Morgan fingerprint density at radius 3 is 2.40 bits per heavy atom. The minimum atomic E-state index is -0.721. The number of unbranched alkanes of at least 4 members (excludes halogenated alkanes) is 3. The number of carbonyl (C=O) groups is 1. The molecule has 1 aromatic heterocycles. The molecule has 1 aliphatic heterocycles. The van der Waals surface area contributed by atoms with Crippen molar-refractivity contribution in [2.45, 2.75) is 63.8 Å². The molecule has 0 saturated carbocycles. The van der Waals surface area contributed by atoms with E-state index < -0.39 is 5.97 Å². The van der Waals surface area contributed by atoms with Gasteiger partial charge in [-0.3, -0.25) is 14.8 Å². The van der Waals surface area contributed by atoms with Gasteiger partial charge in [-0.15, -0.1) is 0 Å². The summed E-state index contributed by atoms with van der Waals surface area (Å²) in [6, 6.07) is 4.46. The van der Waals surface area contributed by atoms with E-state index in [-0.39, 0.29) is 12.5 Å². The van der Waals surface area contributed by atoms with E-state index in [1.807, 2.05) is 6.21 Å². The van der Waals surface area contributed by atoms with Crippen LogP contribution < -0.4 is 5.73 Å². The van der Waals surface area contributed by atoms with Crippen LogP contribution in [0.25, 0.3) is 0 Å². The summed E-state index contributed by atoms with van der Waals surface area (Å²) < 4.78 is 0. The molecule has 0 amide bonds. The summed E-state index contributed by atoms with van der Waals surface area (Å²) in [5, 5.41) is 8.70. The fourth-order valence-electron chi connectivity index (χ4n) is 2.95. The molecule has 0 bridgehead atoms. The zero-order valence-electron chi connectivity index (χ0n) is 14.7. The Hall–Kier alpha value is -2.08. The maximum absolute atomic E-state index is 10.6. The van der Waals surface area contributed by atoms with E-state index in [4.69, 9.17) is 15.8 Å². The average Bonchev–Trinajstić information content (AvgIpc) is 3.07. The summed E-state index contributed by atoms with van der Waals surface area (Å²) in [7, 11) is 0. The van der Waals surface area contributed by atoms with Crippen molar-refractivity contribution >= 4 is 18.5 Å². The second kappa shape index (κ2) is 10.7. The highest BCUT2D eigenvalue weighted by Crippen LogP contribution is 2.15. The number of aliphatic carboxylic acids is 1. The predicted octanol–water partition coefficient (Wildman–Crippen LogP) is 2.57. The van der Waals surface area contributed by atoms with Gasteiger partial charge < -0.3 is 10.8 Å². The van der Waals surface area contributed by atoms with Crippen LogP contribution in [-0.2, 0) is 24.1 Å². The molecular weight excluding hydrogens is 316 g/mol. The molecule has 0 aromatic carbocycles. The van der Waals surface area contributed by atoms with Crippen molar-refractivity contribution in [2.24, 2.45) is 15.7 Å². The van der Waals surface area contributed by atoms with Crippen LogP contribution in [0.5, 0.6) is 0 Å². The van der Waals surface area contributed by atoms with Gasteiger partial charge >= 0.3 is 5.97 Å². The van der Waals surface area contributed by atoms with Crippen molar-refractivity contribution in [3.8, 4) is 0 Å². The van der Waals surface area contributed by atoms with E-state index in [1.165, 1.54) is 5.56 Å². The number of aliphatic imine (C=N–C) groups is 2. The first kappa shape index (κ1) is 19.2. The SMILES string of the molecule is NCCCCc1cc(CC2C=NC=N2)cc(CCCCCC(=O)O)n1. The highest BCUT2D eigenvalue weighted by molar-refractivity contribution is 5.82. The van der Waals surface area contributed by atoms with E-state index in [2.05, 4.69) is 22.1 Å². The molecule has 2 heterocycles. The van der Waals surface area contributed by atoms with Crippen LogP contribution in [0.4, 0.5) is 0 Å². The zero-order chi connectivity index (χ0) is 17.9. The average molecular weight is 344 g/mol. The summed E-state index contributed by atoms with van der Waals surface area (Å²) in [6.07, 6.45) is 11.1. The number of nitrogens with zero attached hydrogens (tertiary/aromatic N) is 3. The van der Waals surface area contributed by atoms with Gasteiger partial charge in [-0.25, -0.2) is 4.99 Å². The monoisotopic (exact) mass is 344 g/mol. The molecule has 0 aliphatic carbocycles. The van der Waals surface area contributed by atoms with Crippen molar-refractivity contribution in [1.29, 1.82) is 0 Å². The van der Waals surface area contributed by atoms with Gasteiger partial charge in [0.25, 0.3) is 0 Å². The highest BCUT2D eigenvalue weighted by Gasteiger charge is 2.10. The van der Waals surface area contributed by atoms with Gasteiger partial charge in [0, 0.05) is 30.4 Å². The number of hydrogen-bond donors (Lipinski definition) is 2. The van der Waals surface area contributed by atoms with Crippen molar-refractivity contribution in [3.63, 3.8) is 0 Å². The maximum Gasteiger partial charge on any atom is 0.303 e. The van der Waals surface area contributed by atoms with Crippen LogP contribution in [0.15, 0.2) is 22.1 Å². The summed E-state index contributed by atoms with van der Waals surface area (Å²) >= 11 is 0. The van der Waals surface area contributed by atoms with Gasteiger partial charge in [0.1, 0.15) is 6.34 Å². The molecule has 3 N–H and O–H groups in total. The van der Waals surface area contributed by atoms with E-state index in [1.54, 1.807) is 6.34 Å². The Kier molecular flexibility index (Phi) is 8.25. The Morgan fingerprint density at radius 2 is 1.80 bits per heavy atom. The minimum absolute atomic E-state index is 0.128. The molecule has 6 nitrogen and oxygen atoms in total. The summed E-state index contributed by atoms with van der Waals surface area (Å²) in [6.45, 7) is 0.712. The third-order valence-corrected chi connectivity index (χ3v) is 4.23. The number of aryl methyl sites for hydroxylation is 2. The lowest BCUT2D eigenvalue weighted by molar-refractivity contribution is -0.137. The van der Waals surface area contributed by atoms with Crippen LogP contribution in [0.2, 0.25) is 0 Å². The molecule has 1 aromatic rings. The van der Waals surface area contributed by atoms with Crippen LogP contribution in [0, 0.1) is 0 Å². The third kappa shape index (κ3) is 7.56. The molecule has 6 heteroatoms. The van der Waals surface area contributed by atoms with Gasteiger partial charge in [-0.1, -0.05) is 6.42 Å². The lowest BCUT2D eigenvalue weighted by atomic mass is 10.0. The number of rotatable bonds is 12. The fraction of sp³-hybridized carbons (Fsp3) is 0.579. The Labute approximate surface area is 149 Å². The number of carboxylic acid groups (broad SMARTS) is 1. The van der Waals surface area contributed by atoms with Crippen LogP contribution >= 0.6 is 0 Å². The number of aromatic nitrogens is 1. The molecule has 1 aliphatic rings. The number of hydrogen-bond acceptors (Lipinski definition) is 5. The molecule has 136 valence electrons. The largest absolute Gasteiger partial charge is 0.481 e. The smallest absolute Gasteiger partial charge is 0.303 e. The molecule has 0 spiro atoms. The lowest BCUT2D eigenvalue weighted by Gasteiger charge is -2.10. The first-order chi connectivity index (χ1) is 12.2. The lowest BCUT2D eigenvalue weighted by Crippen LogP contribution is -2.09. The standard InChI is InChI=1S/C19H28N4O2/c20-9-5-4-7-17-11-15(12-18-13-21-14-22-18)10-16(23-17)6-2-1-3-8-19(24)25/h10-11,13-14,18H,1-9,12,20H2,(H,24,25). The normalized spacial score (nSPS) is 15.8. The summed E-state index contributed by atoms with van der Waals surface area (Å²) in [4.78, 5) is 23.7. The van der Waals surface area contributed by atoms with Crippen molar-refractivity contribution in [2.75, 3.05) is 6.54 Å². The number of carboxylic acids is 1. The molecule has 0 radical (unpaired) electrons. The van der Waals surface area contributed by atoms with Crippen LogP contribution in [0.1, 0.15) is 55.5 Å². The Morgan fingerprint density at radius 1 is 1.08 bits per heavy atom. The van der Waals surface area contributed by atoms with Crippen LogP contribution in [-0.4, -0.2) is 41.2 Å². The van der Waals surface area contributed by atoms with Gasteiger partial charge in [0.05, 0.1) is 6.04 Å². The Bertz CT molecular complexity index is 601. The Balaban J connectivity index is 1.94. The van der Waals surface area contributed by atoms with E-state index in [9.17, 15) is 4.79 Å². The van der Waals surface area contributed by atoms with Crippen LogP contribution in [0.3, 0.4) is 0 Å². The zero-order valence-corrected chi connectivity index (χ0v) is 14.7. The van der Waals surface area contributed by atoms with Gasteiger partial charge in [-0.05, 0) is 62.8 Å². The van der Waals surface area contributed by atoms with E-state index in [0.29, 0.717) is 6.54 Å². The van der Waals surface area contributed by atoms with Crippen molar-refractivity contribution in [3.05, 3.63) is 29.1 Å². The van der Waals surface area contributed by atoms with E-state index in [0.717, 1.165) is 62.8 Å². The topological polar surface area (TPSA) is 101 Å². The first-order valence-electron chi connectivity index (χ1n) is 9.13. The minimum Gasteiger partial charge on any atom is -0.481 e. The second-order valence-electron chi connectivity index (χ2n) is 6.49. The fourth-order valence-corrected chi connectivity index (χ4v) is 2.95. The van der Waals surface area contributed by atoms with Crippen molar-refractivity contribution < 1.29 is 9.90 Å². The van der Waals surface area contributed by atoms with Crippen molar-refractivity contribution in [1.82, 2.24) is 4.98 Å². The highest BCUT2D eigenvalue weighted by atomic mass is 16.4. The summed E-state index contributed by atoms with van der Waals surface area (Å²) in [5.41, 5.74) is 9.04. The second-order valence-corrected chi connectivity index (χ2v) is 6.49. The maximum atomic E-state index is 10.6. The molecule has 1 atom stereocenters. The molecule has 2 rings (SSSR count). The van der Waals surface area contributed by atoms with E-state index >= 15 is 0 Å². The molecule has 1 unspecified atom stereocenters. The summed E-state index contributed by atoms with van der Waals surface area (Å²) in [5.74, 6) is -0.721. The first-order valence-corrected chi connectivity index (χ1v) is 9.13. The molecule has 0 saturated heterocycles. The van der Waals surface area contributed by atoms with Gasteiger partial charge in [-0.2, -0.15) is 0 Å². The number of nitrogens with two attached hydrogens (primary N) is 1. The predicted molar refractivity (Wildman–Crippen MR) is 101 cm³/mol. The molecule has 25 heavy (non-hydrogen) atoms. The number of pyridine rings is 1. The quantitative estimate of drug-likeness (QED) is 0.569.